The molecular formula is C17H15N3O. The van der Waals surface area contributed by atoms with Gasteiger partial charge < -0.3 is 10.5 Å². The Bertz CT molecular complexity index is 836. The van der Waals surface area contributed by atoms with Gasteiger partial charge in [-0.1, -0.05) is 24.3 Å². The number of anilines is 1. The summed E-state index contributed by atoms with van der Waals surface area (Å²) in [6.07, 6.45) is 0. The Morgan fingerprint density at radius 1 is 1.10 bits per heavy atom. The highest BCUT2D eigenvalue weighted by Gasteiger charge is 2.25. The van der Waals surface area contributed by atoms with Crippen LogP contribution < -0.4 is 10.5 Å². The van der Waals surface area contributed by atoms with Crippen LogP contribution in [0.15, 0.2) is 48.5 Å². The zero-order valence-electron chi connectivity index (χ0n) is 11.7. The number of benzene rings is 2. The number of fused-ring (bicyclic) bond motifs is 3. The third kappa shape index (κ3) is 1.72. The van der Waals surface area contributed by atoms with Crippen LogP contribution in [0.2, 0.25) is 0 Å². The van der Waals surface area contributed by atoms with Gasteiger partial charge in [0.05, 0.1) is 22.8 Å². The SMILES string of the molecule is Cc1nn(-c2ccccc2N)c2c1COc1ccccc1-2. The second-order valence-electron chi connectivity index (χ2n) is 5.17. The van der Waals surface area contributed by atoms with E-state index in [0.717, 1.165) is 34.0 Å². The van der Waals surface area contributed by atoms with Crippen LogP contribution in [0.25, 0.3) is 16.9 Å². The number of hydrogen-bond donors (Lipinski definition) is 1. The largest absolute Gasteiger partial charge is 0.488 e. The van der Waals surface area contributed by atoms with E-state index in [-0.39, 0.29) is 0 Å². The van der Waals surface area contributed by atoms with E-state index < -0.39 is 0 Å². The van der Waals surface area contributed by atoms with E-state index in [4.69, 9.17) is 10.5 Å². The smallest absolute Gasteiger partial charge is 0.129 e. The maximum atomic E-state index is 6.12. The summed E-state index contributed by atoms with van der Waals surface area (Å²) in [4.78, 5) is 0. The summed E-state index contributed by atoms with van der Waals surface area (Å²) < 4.78 is 7.76. The molecule has 1 aromatic heterocycles. The molecule has 21 heavy (non-hydrogen) atoms. The Labute approximate surface area is 122 Å². The van der Waals surface area contributed by atoms with Gasteiger partial charge in [-0.3, -0.25) is 0 Å². The van der Waals surface area contributed by atoms with E-state index >= 15 is 0 Å². The average molecular weight is 277 g/mol. The van der Waals surface area contributed by atoms with Crippen LogP contribution in [-0.4, -0.2) is 9.78 Å². The lowest BCUT2D eigenvalue weighted by Crippen LogP contribution is -2.09. The number of nitrogens with zero attached hydrogens (tertiary/aromatic N) is 2. The lowest BCUT2D eigenvalue weighted by molar-refractivity contribution is 0.301. The molecule has 2 aromatic carbocycles. The van der Waals surface area contributed by atoms with Gasteiger partial charge in [0.15, 0.2) is 0 Å². The van der Waals surface area contributed by atoms with Crippen molar-refractivity contribution in [2.45, 2.75) is 13.5 Å². The van der Waals surface area contributed by atoms with Crippen molar-refractivity contribution in [3.63, 3.8) is 0 Å². The van der Waals surface area contributed by atoms with Crippen molar-refractivity contribution in [1.29, 1.82) is 0 Å². The average Bonchev–Trinajstić information content (AvgIpc) is 2.85. The van der Waals surface area contributed by atoms with Crippen molar-refractivity contribution in [2.75, 3.05) is 5.73 Å². The Morgan fingerprint density at radius 2 is 1.86 bits per heavy atom. The molecule has 2 heterocycles. The normalized spacial score (nSPS) is 12.4. The van der Waals surface area contributed by atoms with Crippen LogP contribution in [-0.2, 0) is 6.61 Å². The number of para-hydroxylation sites is 3. The van der Waals surface area contributed by atoms with Crippen molar-refractivity contribution >= 4 is 5.69 Å². The molecule has 4 rings (SSSR count). The Hall–Kier alpha value is -2.75. The molecule has 0 saturated carbocycles. The van der Waals surface area contributed by atoms with Crippen LogP contribution in [0, 0.1) is 6.92 Å². The van der Waals surface area contributed by atoms with Gasteiger partial charge in [-0.15, -0.1) is 0 Å². The topological polar surface area (TPSA) is 53.1 Å². The first-order valence-corrected chi connectivity index (χ1v) is 6.91. The molecule has 0 fully saturated rings. The summed E-state index contributed by atoms with van der Waals surface area (Å²) in [5.74, 6) is 0.889. The van der Waals surface area contributed by atoms with E-state index in [1.54, 1.807) is 0 Å². The maximum absolute atomic E-state index is 6.12. The number of ether oxygens (including phenoxy) is 1. The Balaban J connectivity index is 2.03. The van der Waals surface area contributed by atoms with Gasteiger partial charge in [0.2, 0.25) is 0 Å². The summed E-state index contributed by atoms with van der Waals surface area (Å²) in [5.41, 5.74) is 12.0. The Kier molecular flexibility index (Phi) is 2.51. The van der Waals surface area contributed by atoms with Gasteiger partial charge in [-0.25, -0.2) is 4.68 Å². The highest BCUT2D eigenvalue weighted by atomic mass is 16.5. The molecule has 1 aliphatic rings. The predicted octanol–water partition coefficient (Wildman–Crippen LogP) is 3.32. The molecule has 3 aromatic rings. The number of rotatable bonds is 1. The van der Waals surface area contributed by atoms with E-state index in [1.165, 1.54) is 0 Å². The minimum absolute atomic E-state index is 0.547. The van der Waals surface area contributed by atoms with Gasteiger partial charge >= 0.3 is 0 Å². The van der Waals surface area contributed by atoms with Crippen molar-refractivity contribution in [1.82, 2.24) is 9.78 Å². The summed E-state index contributed by atoms with van der Waals surface area (Å²) in [6, 6.07) is 15.8. The van der Waals surface area contributed by atoms with Gasteiger partial charge in [-0.05, 0) is 31.2 Å². The minimum atomic E-state index is 0.547. The number of aromatic nitrogens is 2. The highest BCUT2D eigenvalue weighted by Crippen LogP contribution is 2.40. The van der Waals surface area contributed by atoms with Gasteiger partial charge in [0, 0.05) is 11.1 Å². The lowest BCUT2D eigenvalue weighted by Gasteiger charge is -2.19. The van der Waals surface area contributed by atoms with Crippen LogP contribution in [0.5, 0.6) is 5.75 Å². The van der Waals surface area contributed by atoms with Crippen molar-refractivity contribution < 1.29 is 4.74 Å². The molecule has 4 nitrogen and oxygen atoms in total. The molecule has 0 saturated heterocycles. The molecule has 0 bridgehead atoms. The molecule has 104 valence electrons. The first-order chi connectivity index (χ1) is 10.3. The summed E-state index contributed by atoms with van der Waals surface area (Å²) in [7, 11) is 0. The standard InChI is InChI=1S/C17H15N3O/c1-11-13-10-21-16-9-5-2-6-12(16)17(13)20(19-11)15-8-4-3-7-14(15)18/h2-9H,10,18H2,1H3. The molecular weight excluding hydrogens is 262 g/mol. The first-order valence-electron chi connectivity index (χ1n) is 6.91. The Morgan fingerprint density at radius 3 is 2.71 bits per heavy atom. The molecule has 0 unspecified atom stereocenters. The number of hydrogen-bond acceptors (Lipinski definition) is 3. The third-order valence-electron chi connectivity index (χ3n) is 3.86. The molecule has 0 spiro atoms. The molecule has 0 atom stereocenters. The summed E-state index contributed by atoms with van der Waals surface area (Å²) >= 11 is 0. The molecule has 1 aliphatic heterocycles. The molecule has 0 amide bonds. The fourth-order valence-electron chi connectivity index (χ4n) is 2.80. The summed E-state index contributed by atoms with van der Waals surface area (Å²) in [5, 5.41) is 4.68. The van der Waals surface area contributed by atoms with Gasteiger partial charge in [0.25, 0.3) is 0 Å². The van der Waals surface area contributed by atoms with Crippen molar-refractivity contribution in [3.05, 3.63) is 59.8 Å². The lowest BCUT2D eigenvalue weighted by atomic mass is 10.0. The molecule has 0 aliphatic carbocycles. The van der Waals surface area contributed by atoms with E-state index in [0.29, 0.717) is 12.3 Å². The van der Waals surface area contributed by atoms with Crippen LogP contribution in [0.1, 0.15) is 11.3 Å². The molecule has 4 heteroatoms. The van der Waals surface area contributed by atoms with Crippen molar-refractivity contribution in [3.8, 4) is 22.7 Å². The second-order valence-corrected chi connectivity index (χ2v) is 5.17. The van der Waals surface area contributed by atoms with Crippen LogP contribution in [0.3, 0.4) is 0 Å². The highest BCUT2D eigenvalue weighted by molar-refractivity contribution is 5.76. The minimum Gasteiger partial charge on any atom is -0.488 e. The molecule has 0 radical (unpaired) electrons. The monoisotopic (exact) mass is 277 g/mol. The van der Waals surface area contributed by atoms with Gasteiger partial charge in [0.1, 0.15) is 12.4 Å². The van der Waals surface area contributed by atoms with E-state index in [1.807, 2.05) is 54.1 Å². The van der Waals surface area contributed by atoms with Crippen molar-refractivity contribution in [2.24, 2.45) is 0 Å². The third-order valence-corrected chi connectivity index (χ3v) is 3.86. The predicted molar refractivity (Wildman–Crippen MR) is 82.5 cm³/mol. The van der Waals surface area contributed by atoms with Crippen LogP contribution >= 0.6 is 0 Å². The number of aryl methyl sites for hydroxylation is 1. The summed E-state index contributed by atoms with van der Waals surface area (Å²) in [6.45, 7) is 2.55. The number of nitrogens with two attached hydrogens (primary N) is 1. The second kappa shape index (κ2) is 4.38. The fraction of sp³-hybridized carbons (Fsp3) is 0.118. The van der Waals surface area contributed by atoms with E-state index in [9.17, 15) is 0 Å². The molecule has 2 N–H and O–H groups in total. The van der Waals surface area contributed by atoms with Crippen LogP contribution in [0.4, 0.5) is 5.69 Å². The zero-order valence-corrected chi connectivity index (χ0v) is 11.7. The maximum Gasteiger partial charge on any atom is 0.129 e. The first kappa shape index (κ1) is 12.0. The number of nitrogen functional groups attached to an aromatic ring is 1. The zero-order chi connectivity index (χ0) is 14.4. The quantitative estimate of drug-likeness (QED) is 0.694. The van der Waals surface area contributed by atoms with Gasteiger partial charge in [-0.2, -0.15) is 5.10 Å². The van der Waals surface area contributed by atoms with E-state index in [2.05, 4.69) is 11.2 Å². The fourth-order valence-corrected chi connectivity index (χ4v) is 2.80.